The first-order valence-corrected chi connectivity index (χ1v) is 6.87. The van der Waals surface area contributed by atoms with E-state index in [1.54, 1.807) is 11.3 Å². The molecule has 1 aromatic heterocycles. The summed E-state index contributed by atoms with van der Waals surface area (Å²) in [6.07, 6.45) is 0.721. The van der Waals surface area contributed by atoms with Crippen molar-refractivity contribution in [3.63, 3.8) is 0 Å². The van der Waals surface area contributed by atoms with Crippen LogP contribution in [0.1, 0.15) is 22.8 Å². The molecule has 2 aromatic rings. The average molecular weight is 278 g/mol. The maximum atomic E-state index is 13.5. The Bertz CT molecular complexity index is 569. The summed E-state index contributed by atoms with van der Waals surface area (Å²) in [6.45, 7) is 1.89. The van der Waals surface area contributed by atoms with Crippen molar-refractivity contribution in [2.24, 2.45) is 0 Å². The van der Waals surface area contributed by atoms with Crippen molar-refractivity contribution in [1.29, 1.82) is 0 Å². The van der Waals surface area contributed by atoms with Crippen molar-refractivity contribution in [2.45, 2.75) is 19.4 Å². The first-order valence-electron chi connectivity index (χ1n) is 5.93. The number of benzene rings is 1. The van der Waals surface area contributed by atoms with E-state index in [2.05, 4.69) is 5.32 Å². The van der Waals surface area contributed by atoms with E-state index in [9.17, 15) is 9.18 Å². The summed E-state index contributed by atoms with van der Waals surface area (Å²) in [6, 6.07) is 5.92. The van der Waals surface area contributed by atoms with Gasteiger partial charge in [0.05, 0.1) is 5.56 Å². The third-order valence-corrected chi connectivity index (χ3v) is 3.47. The molecule has 2 rings (SSSR count). The van der Waals surface area contributed by atoms with E-state index in [1.807, 2.05) is 23.8 Å². The van der Waals surface area contributed by atoms with Gasteiger partial charge in [-0.1, -0.05) is 0 Å². The second kappa shape index (κ2) is 5.84. The Kier molecular flexibility index (Phi) is 4.16. The Morgan fingerprint density at radius 2 is 2.26 bits per heavy atom. The molecule has 0 spiro atoms. The molecule has 5 heteroatoms. The van der Waals surface area contributed by atoms with Gasteiger partial charge in [0.2, 0.25) is 0 Å². The van der Waals surface area contributed by atoms with Gasteiger partial charge in [0.15, 0.2) is 0 Å². The van der Waals surface area contributed by atoms with Crippen LogP contribution >= 0.6 is 11.3 Å². The van der Waals surface area contributed by atoms with Crippen molar-refractivity contribution < 1.29 is 9.18 Å². The van der Waals surface area contributed by atoms with Gasteiger partial charge in [-0.15, -0.1) is 0 Å². The number of anilines is 1. The molecule has 0 fully saturated rings. The summed E-state index contributed by atoms with van der Waals surface area (Å²) in [5.41, 5.74) is 7.07. The quantitative estimate of drug-likeness (QED) is 0.845. The molecular weight excluding hydrogens is 263 g/mol. The van der Waals surface area contributed by atoms with E-state index in [4.69, 9.17) is 5.73 Å². The summed E-state index contributed by atoms with van der Waals surface area (Å²) in [7, 11) is 0. The molecular formula is C14H15FN2OS. The summed E-state index contributed by atoms with van der Waals surface area (Å²) in [5.74, 6) is -0.998. The zero-order valence-corrected chi connectivity index (χ0v) is 11.3. The number of hydrogen-bond acceptors (Lipinski definition) is 3. The molecule has 0 aliphatic heterocycles. The number of thiophene rings is 1. The molecule has 1 atom stereocenters. The van der Waals surface area contributed by atoms with Crippen LogP contribution in [0.5, 0.6) is 0 Å². The molecule has 3 N–H and O–H groups in total. The molecule has 3 nitrogen and oxygen atoms in total. The fourth-order valence-corrected chi connectivity index (χ4v) is 2.51. The number of nitrogens with two attached hydrogens (primary N) is 1. The molecule has 0 saturated carbocycles. The summed E-state index contributed by atoms with van der Waals surface area (Å²) in [5, 5.41) is 6.79. The van der Waals surface area contributed by atoms with Crippen LogP contribution in [0.2, 0.25) is 0 Å². The van der Waals surface area contributed by atoms with Gasteiger partial charge >= 0.3 is 0 Å². The van der Waals surface area contributed by atoms with Gasteiger partial charge < -0.3 is 11.1 Å². The lowest BCUT2D eigenvalue weighted by atomic mass is 10.1. The lowest BCUT2D eigenvalue weighted by molar-refractivity contribution is 0.0936. The second-order valence-electron chi connectivity index (χ2n) is 4.45. The number of amides is 1. The highest BCUT2D eigenvalue weighted by molar-refractivity contribution is 7.07. The SMILES string of the molecule is CC(Cc1ccsc1)NC(=O)c1cc(N)ccc1F. The molecule has 100 valence electrons. The largest absolute Gasteiger partial charge is 0.399 e. The monoisotopic (exact) mass is 278 g/mol. The molecule has 0 radical (unpaired) electrons. The van der Waals surface area contributed by atoms with Crippen molar-refractivity contribution in [1.82, 2.24) is 5.32 Å². The first kappa shape index (κ1) is 13.5. The van der Waals surface area contributed by atoms with E-state index in [1.165, 1.54) is 18.2 Å². The molecule has 0 aliphatic carbocycles. The van der Waals surface area contributed by atoms with Gasteiger partial charge in [-0.2, -0.15) is 11.3 Å². The van der Waals surface area contributed by atoms with Crippen molar-refractivity contribution in [2.75, 3.05) is 5.73 Å². The predicted octanol–water partition coefficient (Wildman–Crippen LogP) is 2.83. The van der Waals surface area contributed by atoms with Gasteiger partial charge in [-0.25, -0.2) is 4.39 Å². The van der Waals surface area contributed by atoms with E-state index in [0.717, 1.165) is 12.0 Å². The molecule has 1 unspecified atom stereocenters. The number of rotatable bonds is 4. The number of hydrogen-bond donors (Lipinski definition) is 2. The second-order valence-corrected chi connectivity index (χ2v) is 5.23. The van der Waals surface area contributed by atoms with Crippen LogP contribution in [0.25, 0.3) is 0 Å². The Morgan fingerprint density at radius 1 is 1.47 bits per heavy atom. The minimum atomic E-state index is -0.561. The minimum absolute atomic E-state index is 0.0165. The highest BCUT2D eigenvalue weighted by Gasteiger charge is 2.14. The summed E-state index contributed by atoms with van der Waals surface area (Å²) >= 11 is 1.61. The standard InChI is InChI=1S/C14H15FN2OS/c1-9(6-10-4-5-19-8-10)17-14(18)12-7-11(16)2-3-13(12)15/h2-5,7-9H,6,16H2,1H3,(H,17,18). The molecule has 0 saturated heterocycles. The fourth-order valence-electron chi connectivity index (χ4n) is 1.83. The molecule has 1 aromatic carbocycles. The fraction of sp³-hybridized carbons (Fsp3) is 0.214. The van der Waals surface area contributed by atoms with E-state index in [0.29, 0.717) is 5.69 Å². The maximum absolute atomic E-state index is 13.5. The van der Waals surface area contributed by atoms with Crippen molar-refractivity contribution in [3.8, 4) is 0 Å². The number of carbonyl (C=O) groups excluding carboxylic acids is 1. The molecule has 0 aliphatic rings. The summed E-state index contributed by atoms with van der Waals surface area (Å²) < 4.78 is 13.5. The smallest absolute Gasteiger partial charge is 0.254 e. The van der Waals surface area contributed by atoms with Gasteiger partial charge in [0.25, 0.3) is 5.91 Å². The van der Waals surface area contributed by atoms with Crippen LogP contribution in [0.15, 0.2) is 35.0 Å². The summed E-state index contributed by atoms with van der Waals surface area (Å²) in [4.78, 5) is 12.0. The minimum Gasteiger partial charge on any atom is -0.399 e. The number of nitrogens with one attached hydrogen (secondary N) is 1. The highest BCUT2D eigenvalue weighted by atomic mass is 32.1. The number of halogens is 1. The topological polar surface area (TPSA) is 55.1 Å². The lowest BCUT2D eigenvalue weighted by Crippen LogP contribution is -2.34. The Morgan fingerprint density at radius 3 is 2.95 bits per heavy atom. The van der Waals surface area contributed by atoms with Crippen LogP contribution in [0.4, 0.5) is 10.1 Å². The van der Waals surface area contributed by atoms with Crippen LogP contribution in [0, 0.1) is 5.82 Å². The van der Waals surface area contributed by atoms with Gasteiger partial charge in [0.1, 0.15) is 5.82 Å². The Labute approximate surface area is 115 Å². The zero-order valence-electron chi connectivity index (χ0n) is 10.5. The maximum Gasteiger partial charge on any atom is 0.254 e. The molecule has 1 heterocycles. The van der Waals surface area contributed by atoms with Crippen molar-refractivity contribution >= 4 is 22.9 Å². The van der Waals surface area contributed by atoms with Crippen LogP contribution in [-0.4, -0.2) is 11.9 Å². The van der Waals surface area contributed by atoms with Crippen LogP contribution < -0.4 is 11.1 Å². The van der Waals surface area contributed by atoms with E-state index >= 15 is 0 Å². The van der Waals surface area contributed by atoms with Gasteiger partial charge in [-0.05, 0) is 53.9 Å². The predicted molar refractivity (Wildman–Crippen MR) is 75.8 cm³/mol. The van der Waals surface area contributed by atoms with E-state index in [-0.39, 0.29) is 11.6 Å². The average Bonchev–Trinajstić information content (AvgIpc) is 2.84. The van der Waals surface area contributed by atoms with Crippen LogP contribution in [0.3, 0.4) is 0 Å². The van der Waals surface area contributed by atoms with Crippen LogP contribution in [-0.2, 0) is 6.42 Å². The van der Waals surface area contributed by atoms with Gasteiger partial charge in [0, 0.05) is 11.7 Å². The molecule has 0 bridgehead atoms. The lowest BCUT2D eigenvalue weighted by Gasteiger charge is -2.13. The van der Waals surface area contributed by atoms with E-state index < -0.39 is 11.7 Å². The first-order chi connectivity index (χ1) is 9.06. The van der Waals surface area contributed by atoms with Gasteiger partial charge in [-0.3, -0.25) is 4.79 Å². The Hall–Kier alpha value is -1.88. The third kappa shape index (κ3) is 3.54. The third-order valence-electron chi connectivity index (χ3n) is 2.73. The Balaban J connectivity index is 2.02. The normalized spacial score (nSPS) is 12.1. The number of carbonyl (C=O) groups is 1. The zero-order chi connectivity index (χ0) is 13.8. The highest BCUT2D eigenvalue weighted by Crippen LogP contribution is 2.13. The number of nitrogen functional groups attached to an aromatic ring is 1. The molecule has 1 amide bonds. The molecule has 19 heavy (non-hydrogen) atoms. The van der Waals surface area contributed by atoms with Crippen molar-refractivity contribution in [3.05, 3.63) is 52.0 Å².